The molecule has 8 heteroatoms. The van der Waals surface area contributed by atoms with Gasteiger partial charge in [-0.2, -0.15) is 0 Å². The van der Waals surface area contributed by atoms with E-state index in [4.69, 9.17) is 0 Å². The number of aromatic nitrogens is 3. The van der Waals surface area contributed by atoms with E-state index in [1.54, 1.807) is 12.1 Å². The van der Waals surface area contributed by atoms with Gasteiger partial charge in [0.15, 0.2) is 11.0 Å². The number of benzene rings is 2. The Bertz CT molecular complexity index is 1090. The predicted molar refractivity (Wildman–Crippen MR) is 128 cm³/mol. The summed E-state index contributed by atoms with van der Waals surface area (Å²) < 4.78 is 1.93. The monoisotopic (exact) mass is 451 g/mol. The third kappa shape index (κ3) is 5.97. The standard InChI is InChI=1S/C24H29N5O2S/c1-6-29-22(18(5)25-23(31)19-9-7-15(2)8-10-19)27-28-24(29)32-14-21(30)26-20-12-16(3)11-17(4)13-20/h7-13,18H,6,14H2,1-5H3,(H,25,31)(H,26,30)/t18-/m0/s1. The Morgan fingerprint density at radius 3 is 2.28 bits per heavy atom. The molecule has 0 saturated heterocycles. The fourth-order valence-corrected chi connectivity index (χ4v) is 4.26. The molecule has 0 aliphatic carbocycles. The lowest BCUT2D eigenvalue weighted by Crippen LogP contribution is -2.28. The molecule has 0 saturated carbocycles. The summed E-state index contributed by atoms with van der Waals surface area (Å²) >= 11 is 1.33. The number of hydrogen-bond acceptors (Lipinski definition) is 5. The molecule has 168 valence electrons. The van der Waals surface area contributed by atoms with Crippen LogP contribution in [0, 0.1) is 20.8 Å². The third-order valence-electron chi connectivity index (χ3n) is 4.95. The fraction of sp³-hybridized carbons (Fsp3) is 0.333. The van der Waals surface area contributed by atoms with Gasteiger partial charge in [-0.25, -0.2) is 0 Å². The summed E-state index contributed by atoms with van der Waals surface area (Å²) in [7, 11) is 0. The second-order valence-corrected chi connectivity index (χ2v) is 8.80. The Hall–Kier alpha value is -3.13. The molecule has 3 rings (SSSR count). The average Bonchev–Trinajstić information content (AvgIpc) is 3.15. The van der Waals surface area contributed by atoms with Gasteiger partial charge in [0, 0.05) is 17.8 Å². The van der Waals surface area contributed by atoms with Crippen molar-refractivity contribution in [2.24, 2.45) is 0 Å². The molecule has 2 aromatic carbocycles. The van der Waals surface area contributed by atoms with Gasteiger partial charge in [0.25, 0.3) is 5.91 Å². The van der Waals surface area contributed by atoms with Gasteiger partial charge < -0.3 is 15.2 Å². The molecule has 1 aromatic heterocycles. The summed E-state index contributed by atoms with van der Waals surface area (Å²) in [5.74, 6) is 0.609. The summed E-state index contributed by atoms with van der Waals surface area (Å²) in [6, 6.07) is 13.1. The molecule has 0 spiro atoms. The van der Waals surface area contributed by atoms with Crippen LogP contribution in [0.5, 0.6) is 0 Å². The molecule has 7 nitrogen and oxygen atoms in total. The molecule has 0 unspecified atom stereocenters. The highest BCUT2D eigenvalue weighted by atomic mass is 32.2. The van der Waals surface area contributed by atoms with Crippen molar-refractivity contribution < 1.29 is 9.59 Å². The van der Waals surface area contributed by atoms with Crippen LogP contribution in [0.25, 0.3) is 0 Å². The summed E-state index contributed by atoms with van der Waals surface area (Å²) in [5, 5.41) is 15.1. The zero-order valence-corrected chi connectivity index (χ0v) is 19.9. The van der Waals surface area contributed by atoms with Crippen molar-refractivity contribution >= 4 is 29.3 Å². The maximum Gasteiger partial charge on any atom is 0.251 e. The topological polar surface area (TPSA) is 88.9 Å². The highest BCUT2D eigenvalue weighted by Gasteiger charge is 2.20. The van der Waals surface area contributed by atoms with Crippen molar-refractivity contribution in [3.63, 3.8) is 0 Å². The lowest BCUT2D eigenvalue weighted by molar-refractivity contribution is -0.113. The van der Waals surface area contributed by atoms with Crippen molar-refractivity contribution in [2.45, 2.75) is 52.4 Å². The number of thioether (sulfide) groups is 1. The summed E-state index contributed by atoms with van der Waals surface area (Å²) in [6.45, 7) is 10.5. The summed E-state index contributed by atoms with van der Waals surface area (Å²) in [5.41, 5.74) is 4.69. The third-order valence-corrected chi connectivity index (χ3v) is 5.91. The number of aryl methyl sites for hydroxylation is 3. The van der Waals surface area contributed by atoms with Crippen molar-refractivity contribution in [1.82, 2.24) is 20.1 Å². The Morgan fingerprint density at radius 2 is 1.66 bits per heavy atom. The van der Waals surface area contributed by atoms with E-state index in [1.807, 2.05) is 63.5 Å². The summed E-state index contributed by atoms with van der Waals surface area (Å²) in [4.78, 5) is 25.0. The molecule has 0 radical (unpaired) electrons. The van der Waals surface area contributed by atoms with Crippen LogP contribution in [0.1, 0.15) is 52.8 Å². The van der Waals surface area contributed by atoms with Crippen LogP contribution >= 0.6 is 11.8 Å². The normalized spacial score (nSPS) is 11.8. The van der Waals surface area contributed by atoms with Crippen LogP contribution in [0.2, 0.25) is 0 Å². The summed E-state index contributed by atoms with van der Waals surface area (Å²) in [6.07, 6.45) is 0. The van der Waals surface area contributed by atoms with Crippen molar-refractivity contribution in [3.05, 3.63) is 70.5 Å². The zero-order valence-electron chi connectivity index (χ0n) is 19.1. The van der Waals surface area contributed by atoms with E-state index in [0.29, 0.717) is 23.1 Å². The van der Waals surface area contributed by atoms with Gasteiger partial charge in [-0.05, 0) is 70.0 Å². The lowest BCUT2D eigenvalue weighted by Gasteiger charge is -2.15. The molecule has 1 atom stereocenters. The van der Waals surface area contributed by atoms with E-state index >= 15 is 0 Å². The van der Waals surface area contributed by atoms with Gasteiger partial charge in [-0.15, -0.1) is 10.2 Å². The second kappa shape index (κ2) is 10.5. The van der Waals surface area contributed by atoms with Crippen LogP contribution in [0.3, 0.4) is 0 Å². The first-order valence-corrected chi connectivity index (χ1v) is 11.6. The molecular formula is C24H29N5O2S. The van der Waals surface area contributed by atoms with E-state index in [9.17, 15) is 9.59 Å². The van der Waals surface area contributed by atoms with Gasteiger partial charge in [0.1, 0.15) is 0 Å². The van der Waals surface area contributed by atoms with Gasteiger partial charge in [-0.3, -0.25) is 9.59 Å². The smallest absolute Gasteiger partial charge is 0.251 e. The number of hydrogen-bond donors (Lipinski definition) is 2. The van der Waals surface area contributed by atoms with Gasteiger partial charge in [0.05, 0.1) is 11.8 Å². The zero-order chi connectivity index (χ0) is 23.3. The molecule has 2 amide bonds. The van der Waals surface area contributed by atoms with Gasteiger partial charge in [-0.1, -0.05) is 35.5 Å². The Kier molecular flexibility index (Phi) is 7.69. The lowest BCUT2D eigenvalue weighted by atomic mass is 10.1. The van der Waals surface area contributed by atoms with E-state index in [2.05, 4.69) is 26.9 Å². The van der Waals surface area contributed by atoms with Crippen LogP contribution in [-0.2, 0) is 11.3 Å². The highest BCUT2D eigenvalue weighted by Crippen LogP contribution is 2.22. The number of nitrogens with zero attached hydrogens (tertiary/aromatic N) is 3. The minimum absolute atomic E-state index is 0.104. The molecule has 3 aromatic rings. The number of carbonyl (C=O) groups excluding carboxylic acids is 2. The number of amides is 2. The second-order valence-electron chi connectivity index (χ2n) is 7.86. The van der Waals surface area contributed by atoms with Crippen molar-refractivity contribution in [3.8, 4) is 0 Å². The fourth-order valence-electron chi connectivity index (χ4n) is 3.45. The van der Waals surface area contributed by atoms with Gasteiger partial charge in [0.2, 0.25) is 5.91 Å². The van der Waals surface area contributed by atoms with Crippen molar-refractivity contribution in [1.29, 1.82) is 0 Å². The number of carbonyl (C=O) groups is 2. The number of rotatable bonds is 8. The first-order chi connectivity index (χ1) is 15.3. The largest absolute Gasteiger partial charge is 0.342 e. The van der Waals surface area contributed by atoms with Crippen LogP contribution < -0.4 is 10.6 Å². The number of anilines is 1. The quantitative estimate of drug-likeness (QED) is 0.494. The Morgan fingerprint density at radius 1 is 1.00 bits per heavy atom. The van der Waals surface area contributed by atoms with Crippen LogP contribution in [0.15, 0.2) is 47.6 Å². The van der Waals surface area contributed by atoms with E-state index < -0.39 is 0 Å². The van der Waals surface area contributed by atoms with E-state index in [-0.39, 0.29) is 23.6 Å². The van der Waals surface area contributed by atoms with Crippen molar-refractivity contribution in [2.75, 3.05) is 11.1 Å². The molecule has 2 N–H and O–H groups in total. The average molecular weight is 452 g/mol. The van der Waals surface area contributed by atoms with Crippen LogP contribution in [0.4, 0.5) is 5.69 Å². The molecule has 0 aliphatic rings. The first-order valence-electron chi connectivity index (χ1n) is 10.6. The maximum absolute atomic E-state index is 12.6. The Labute approximate surface area is 193 Å². The molecule has 0 bridgehead atoms. The van der Waals surface area contributed by atoms with Crippen LogP contribution in [-0.4, -0.2) is 32.3 Å². The van der Waals surface area contributed by atoms with Gasteiger partial charge >= 0.3 is 0 Å². The molecule has 0 fully saturated rings. The molecule has 1 heterocycles. The van der Waals surface area contributed by atoms with E-state index in [1.165, 1.54) is 11.8 Å². The maximum atomic E-state index is 12.6. The first kappa shape index (κ1) is 23.5. The molecule has 32 heavy (non-hydrogen) atoms. The van der Waals surface area contributed by atoms with E-state index in [0.717, 1.165) is 22.4 Å². The molecular weight excluding hydrogens is 422 g/mol. The minimum atomic E-state index is -0.324. The minimum Gasteiger partial charge on any atom is -0.342 e. The Balaban J connectivity index is 1.62. The highest BCUT2D eigenvalue weighted by molar-refractivity contribution is 7.99. The molecule has 0 aliphatic heterocycles. The predicted octanol–water partition coefficient (Wildman–Crippen LogP) is 4.45. The number of nitrogens with one attached hydrogen (secondary N) is 2. The SMILES string of the molecule is CCn1c(SCC(=O)Nc2cc(C)cc(C)c2)nnc1[C@H](C)NC(=O)c1ccc(C)cc1.